The predicted molar refractivity (Wildman–Crippen MR) is 103 cm³/mol. The first-order valence-corrected chi connectivity index (χ1v) is 8.52. The Kier molecular flexibility index (Phi) is 5.59. The quantitative estimate of drug-likeness (QED) is 0.516. The average Bonchev–Trinajstić information content (AvgIpc) is 2.71. The van der Waals surface area contributed by atoms with E-state index in [0.29, 0.717) is 17.7 Å². The summed E-state index contributed by atoms with van der Waals surface area (Å²) in [5, 5.41) is 22.2. The molecule has 3 rings (SSSR count). The van der Waals surface area contributed by atoms with Crippen molar-refractivity contribution in [3.63, 3.8) is 0 Å². The van der Waals surface area contributed by atoms with Gasteiger partial charge in [0.25, 0.3) is 11.5 Å². The number of phenolic OH excluding ortho intramolecular Hbond substituents is 1. The summed E-state index contributed by atoms with van der Waals surface area (Å²) in [5.74, 6) is -0.835. The van der Waals surface area contributed by atoms with Crippen molar-refractivity contribution >= 4 is 5.91 Å². The Morgan fingerprint density at radius 2 is 1.93 bits per heavy atom. The average molecular weight is 381 g/mol. The summed E-state index contributed by atoms with van der Waals surface area (Å²) < 4.78 is 5.05. The van der Waals surface area contributed by atoms with Gasteiger partial charge in [-0.3, -0.25) is 9.59 Å². The van der Waals surface area contributed by atoms with Crippen molar-refractivity contribution in [2.24, 2.45) is 0 Å². The van der Waals surface area contributed by atoms with Crippen LogP contribution in [0, 0.1) is 0 Å². The number of amides is 1. The molecule has 28 heavy (non-hydrogen) atoms. The van der Waals surface area contributed by atoms with E-state index in [1.807, 2.05) is 6.07 Å². The lowest BCUT2D eigenvalue weighted by Gasteiger charge is -2.09. The van der Waals surface area contributed by atoms with Gasteiger partial charge in [0.1, 0.15) is 5.82 Å². The number of H-pyrrole nitrogens is 1. The summed E-state index contributed by atoms with van der Waals surface area (Å²) in [4.78, 5) is 30.9. The van der Waals surface area contributed by atoms with Gasteiger partial charge >= 0.3 is 0 Å². The van der Waals surface area contributed by atoms with Crippen LogP contribution in [0.25, 0.3) is 11.4 Å². The molecule has 0 saturated carbocycles. The van der Waals surface area contributed by atoms with Gasteiger partial charge in [0.15, 0.2) is 17.2 Å². The Balaban J connectivity index is 1.74. The number of nitrogens with one attached hydrogen (secondary N) is 2. The number of phenols is 1. The van der Waals surface area contributed by atoms with E-state index in [-0.39, 0.29) is 23.8 Å². The lowest BCUT2D eigenvalue weighted by Crippen LogP contribution is -2.28. The van der Waals surface area contributed by atoms with E-state index < -0.39 is 17.2 Å². The highest BCUT2D eigenvalue weighted by atomic mass is 16.5. The standard InChI is InChI=1S/C20H19N3O5/c1-28-15-11-12(7-8-14(15)24)9-10-21-19(26)16-17(25)20(27)23-18(22-16)13-5-3-2-4-6-13/h2-8,11,24-25H,9-10H2,1H3,(H,21,26)(H,22,23,27). The summed E-state index contributed by atoms with van der Waals surface area (Å²) >= 11 is 0. The summed E-state index contributed by atoms with van der Waals surface area (Å²) in [6.45, 7) is 0.237. The van der Waals surface area contributed by atoms with Crippen molar-refractivity contribution in [3.05, 3.63) is 70.1 Å². The predicted octanol–water partition coefficient (Wildman–Crippen LogP) is 1.83. The first-order chi connectivity index (χ1) is 13.5. The molecule has 1 amide bonds. The molecule has 8 nitrogen and oxygen atoms in total. The Morgan fingerprint density at radius 3 is 2.64 bits per heavy atom. The van der Waals surface area contributed by atoms with Gasteiger partial charge in [0.2, 0.25) is 5.75 Å². The van der Waals surface area contributed by atoms with Crippen LogP contribution in [0.3, 0.4) is 0 Å². The van der Waals surface area contributed by atoms with Gasteiger partial charge in [-0.25, -0.2) is 4.98 Å². The summed E-state index contributed by atoms with van der Waals surface area (Å²) in [6.07, 6.45) is 0.456. The van der Waals surface area contributed by atoms with Crippen molar-refractivity contribution in [1.29, 1.82) is 0 Å². The molecule has 1 aromatic heterocycles. The molecule has 0 aliphatic rings. The fourth-order valence-electron chi connectivity index (χ4n) is 2.64. The number of carbonyl (C=O) groups is 1. The van der Waals surface area contributed by atoms with Crippen LogP contribution in [-0.2, 0) is 6.42 Å². The SMILES string of the molecule is COc1cc(CCNC(=O)c2nc(-c3ccccc3)[nH]c(=O)c2O)ccc1O. The molecule has 0 aliphatic carbocycles. The molecule has 0 bridgehead atoms. The second-order valence-electron chi connectivity index (χ2n) is 5.99. The Morgan fingerprint density at radius 1 is 1.18 bits per heavy atom. The number of nitrogens with zero attached hydrogens (tertiary/aromatic N) is 1. The first kappa shape index (κ1) is 19.0. The van der Waals surface area contributed by atoms with Gasteiger partial charge in [-0.05, 0) is 24.1 Å². The largest absolute Gasteiger partial charge is 0.504 e. The van der Waals surface area contributed by atoms with E-state index in [2.05, 4.69) is 15.3 Å². The third-order valence-electron chi connectivity index (χ3n) is 4.10. The minimum absolute atomic E-state index is 0.0290. The number of aromatic hydroxyl groups is 2. The van der Waals surface area contributed by atoms with Crippen LogP contribution < -0.4 is 15.6 Å². The molecule has 3 aromatic rings. The number of rotatable bonds is 6. The van der Waals surface area contributed by atoms with E-state index >= 15 is 0 Å². The van der Waals surface area contributed by atoms with E-state index in [4.69, 9.17) is 4.74 Å². The number of hydrogen-bond donors (Lipinski definition) is 4. The topological polar surface area (TPSA) is 125 Å². The smallest absolute Gasteiger partial charge is 0.294 e. The summed E-state index contributed by atoms with van der Waals surface area (Å²) in [7, 11) is 1.45. The monoisotopic (exact) mass is 381 g/mol. The maximum atomic E-state index is 12.4. The Hall–Kier alpha value is -3.81. The van der Waals surface area contributed by atoms with Crippen LogP contribution in [0.4, 0.5) is 0 Å². The van der Waals surface area contributed by atoms with Gasteiger partial charge < -0.3 is 25.3 Å². The number of aromatic nitrogens is 2. The molecular weight excluding hydrogens is 362 g/mol. The van der Waals surface area contributed by atoms with E-state index in [1.165, 1.54) is 13.2 Å². The fourth-order valence-corrected chi connectivity index (χ4v) is 2.64. The number of ether oxygens (including phenoxy) is 1. The zero-order chi connectivity index (χ0) is 20.1. The van der Waals surface area contributed by atoms with Crippen molar-refractivity contribution in [2.45, 2.75) is 6.42 Å². The lowest BCUT2D eigenvalue weighted by molar-refractivity contribution is 0.0946. The molecule has 144 valence electrons. The highest BCUT2D eigenvalue weighted by molar-refractivity contribution is 5.95. The second-order valence-corrected chi connectivity index (χ2v) is 5.99. The molecule has 0 atom stereocenters. The number of aromatic amines is 1. The Bertz CT molecular complexity index is 1050. The van der Waals surface area contributed by atoms with Gasteiger partial charge in [0, 0.05) is 12.1 Å². The van der Waals surface area contributed by atoms with Crippen LogP contribution >= 0.6 is 0 Å². The molecule has 0 spiro atoms. The van der Waals surface area contributed by atoms with Crippen molar-refractivity contribution < 1.29 is 19.7 Å². The van der Waals surface area contributed by atoms with Crippen LogP contribution in [0.5, 0.6) is 17.2 Å². The molecule has 0 saturated heterocycles. The summed E-state index contributed by atoms with van der Waals surface area (Å²) in [6, 6.07) is 13.7. The molecule has 0 unspecified atom stereocenters. The van der Waals surface area contributed by atoms with Crippen LogP contribution in [0.2, 0.25) is 0 Å². The van der Waals surface area contributed by atoms with Crippen LogP contribution in [0.1, 0.15) is 16.1 Å². The van der Waals surface area contributed by atoms with Crippen molar-refractivity contribution in [3.8, 4) is 28.6 Å². The molecule has 4 N–H and O–H groups in total. The van der Waals surface area contributed by atoms with Gasteiger partial charge in [-0.1, -0.05) is 36.4 Å². The number of carbonyl (C=O) groups excluding carboxylic acids is 1. The number of methoxy groups -OCH3 is 1. The molecule has 0 aliphatic heterocycles. The summed E-state index contributed by atoms with van der Waals surface area (Å²) in [5.41, 5.74) is 0.320. The number of benzene rings is 2. The number of hydrogen-bond acceptors (Lipinski definition) is 6. The molecule has 2 aromatic carbocycles. The third kappa shape index (κ3) is 4.12. The van der Waals surface area contributed by atoms with Crippen molar-refractivity contribution in [1.82, 2.24) is 15.3 Å². The second kappa shape index (κ2) is 8.26. The van der Waals surface area contributed by atoms with E-state index in [9.17, 15) is 19.8 Å². The lowest BCUT2D eigenvalue weighted by atomic mass is 10.1. The highest BCUT2D eigenvalue weighted by Crippen LogP contribution is 2.26. The zero-order valence-corrected chi connectivity index (χ0v) is 15.1. The first-order valence-electron chi connectivity index (χ1n) is 8.52. The molecular formula is C20H19N3O5. The molecule has 8 heteroatoms. The van der Waals surface area contributed by atoms with Gasteiger partial charge in [-0.2, -0.15) is 0 Å². The minimum atomic E-state index is -0.790. The normalized spacial score (nSPS) is 10.5. The van der Waals surface area contributed by atoms with Gasteiger partial charge in [-0.15, -0.1) is 0 Å². The third-order valence-corrected chi connectivity index (χ3v) is 4.10. The Labute approximate surface area is 160 Å². The maximum Gasteiger partial charge on any atom is 0.294 e. The maximum absolute atomic E-state index is 12.4. The van der Waals surface area contributed by atoms with Crippen molar-refractivity contribution in [2.75, 3.05) is 13.7 Å². The van der Waals surface area contributed by atoms with Crippen LogP contribution in [0.15, 0.2) is 53.3 Å². The van der Waals surface area contributed by atoms with E-state index in [0.717, 1.165) is 5.56 Å². The fraction of sp³-hybridized carbons (Fsp3) is 0.150. The molecule has 0 fully saturated rings. The van der Waals surface area contributed by atoms with E-state index in [1.54, 1.807) is 36.4 Å². The molecule has 0 radical (unpaired) electrons. The highest BCUT2D eigenvalue weighted by Gasteiger charge is 2.18. The zero-order valence-electron chi connectivity index (χ0n) is 15.1. The molecule has 1 heterocycles. The minimum Gasteiger partial charge on any atom is -0.504 e. The van der Waals surface area contributed by atoms with Crippen LogP contribution in [-0.4, -0.2) is 39.7 Å². The van der Waals surface area contributed by atoms with Gasteiger partial charge in [0.05, 0.1) is 7.11 Å².